The summed E-state index contributed by atoms with van der Waals surface area (Å²) in [5, 5.41) is 6.82. The molecule has 2 N–H and O–H groups in total. The van der Waals surface area contributed by atoms with E-state index in [-0.39, 0.29) is 0 Å². The summed E-state index contributed by atoms with van der Waals surface area (Å²) in [6, 6.07) is 7.13. The predicted octanol–water partition coefficient (Wildman–Crippen LogP) is 1.74. The van der Waals surface area contributed by atoms with E-state index in [4.69, 9.17) is 4.74 Å². The van der Waals surface area contributed by atoms with E-state index < -0.39 is 0 Å². The maximum Gasteiger partial charge on any atom is 0.191 e. The van der Waals surface area contributed by atoms with Crippen LogP contribution in [0.3, 0.4) is 0 Å². The number of benzene rings is 1. The Labute approximate surface area is 120 Å². The highest BCUT2D eigenvalue weighted by Gasteiger charge is 2.33. The van der Waals surface area contributed by atoms with Crippen molar-refractivity contribution in [1.29, 1.82) is 0 Å². The van der Waals surface area contributed by atoms with E-state index in [9.17, 15) is 0 Å². The molecule has 1 aliphatic heterocycles. The van der Waals surface area contributed by atoms with Gasteiger partial charge >= 0.3 is 0 Å². The summed E-state index contributed by atoms with van der Waals surface area (Å²) in [5.74, 6) is 2.76. The molecule has 4 heteroatoms. The van der Waals surface area contributed by atoms with Gasteiger partial charge in [-0.15, -0.1) is 0 Å². The molecule has 4 nitrogen and oxygen atoms in total. The van der Waals surface area contributed by atoms with Gasteiger partial charge in [0.2, 0.25) is 0 Å². The van der Waals surface area contributed by atoms with Crippen molar-refractivity contribution in [1.82, 2.24) is 10.6 Å². The topological polar surface area (TPSA) is 45.7 Å². The van der Waals surface area contributed by atoms with Crippen molar-refractivity contribution in [3.8, 4) is 5.75 Å². The van der Waals surface area contributed by atoms with Crippen molar-refractivity contribution in [2.24, 2.45) is 10.9 Å². The van der Waals surface area contributed by atoms with Crippen molar-refractivity contribution < 1.29 is 4.74 Å². The molecule has 0 amide bonds. The third kappa shape index (κ3) is 3.06. The van der Waals surface area contributed by atoms with Gasteiger partial charge in [-0.3, -0.25) is 4.99 Å². The Bertz CT molecular complexity index is 512. The first-order chi connectivity index (χ1) is 9.76. The molecule has 1 aromatic rings. The number of hydrogen-bond acceptors (Lipinski definition) is 2. The molecule has 3 rings (SSSR count). The Hall–Kier alpha value is -1.71. The standard InChI is InChI=1S/C16H23N3O/c1-11-9-14(11)19-16(17-2)18-7-5-12-3-4-15-13(10-12)6-8-20-15/h3-4,10-11,14H,5-9H2,1-2H3,(H2,17,18,19). The van der Waals surface area contributed by atoms with Gasteiger partial charge in [-0.1, -0.05) is 19.1 Å². The summed E-state index contributed by atoms with van der Waals surface area (Å²) >= 11 is 0. The largest absolute Gasteiger partial charge is 0.493 e. The lowest BCUT2D eigenvalue weighted by molar-refractivity contribution is 0.357. The van der Waals surface area contributed by atoms with Gasteiger partial charge in [0.15, 0.2) is 5.96 Å². The second kappa shape index (κ2) is 5.73. The van der Waals surface area contributed by atoms with E-state index in [0.717, 1.165) is 43.6 Å². The third-order valence-corrected chi connectivity index (χ3v) is 4.12. The Morgan fingerprint density at radius 3 is 3.05 bits per heavy atom. The molecular weight excluding hydrogens is 250 g/mol. The number of guanidine groups is 1. The minimum Gasteiger partial charge on any atom is -0.493 e. The third-order valence-electron chi connectivity index (χ3n) is 4.12. The summed E-state index contributed by atoms with van der Waals surface area (Å²) in [4.78, 5) is 4.27. The van der Waals surface area contributed by atoms with Gasteiger partial charge in [0.1, 0.15) is 5.75 Å². The number of nitrogens with one attached hydrogen (secondary N) is 2. The molecule has 0 spiro atoms. The van der Waals surface area contributed by atoms with E-state index in [1.807, 2.05) is 7.05 Å². The molecule has 1 aliphatic carbocycles. The molecule has 0 bridgehead atoms. The lowest BCUT2D eigenvalue weighted by atomic mass is 10.1. The van der Waals surface area contributed by atoms with Crippen LogP contribution in [-0.2, 0) is 12.8 Å². The first-order valence-electron chi connectivity index (χ1n) is 7.48. The van der Waals surface area contributed by atoms with E-state index >= 15 is 0 Å². The van der Waals surface area contributed by atoms with Crippen LogP contribution in [-0.4, -0.2) is 32.2 Å². The highest BCUT2D eigenvalue weighted by molar-refractivity contribution is 5.80. The van der Waals surface area contributed by atoms with Crippen LogP contribution in [0.25, 0.3) is 0 Å². The number of aliphatic imine (C=N–C) groups is 1. The maximum atomic E-state index is 5.53. The highest BCUT2D eigenvalue weighted by Crippen LogP contribution is 2.28. The smallest absolute Gasteiger partial charge is 0.191 e. The summed E-state index contributed by atoms with van der Waals surface area (Å²) in [5.41, 5.74) is 2.70. The second-order valence-electron chi connectivity index (χ2n) is 5.75. The van der Waals surface area contributed by atoms with Crippen molar-refractivity contribution in [3.05, 3.63) is 29.3 Å². The molecule has 1 saturated carbocycles. The zero-order valence-corrected chi connectivity index (χ0v) is 12.3. The Morgan fingerprint density at radius 2 is 2.30 bits per heavy atom. The quantitative estimate of drug-likeness (QED) is 0.649. The van der Waals surface area contributed by atoms with Gasteiger partial charge < -0.3 is 15.4 Å². The number of nitrogens with zero attached hydrogens (tertiary/aromatic N) is 1. The molecule has 108 valence electrons. The fraction of sp³-hybridized carbons (Fsp3) is 0.562. The first-order valence-corrected chi connectivity index (χ1v) is 7.48. The molecule has 0 aromatic heterocycles. The zero-order chi connectivity index (χ0) is 13.9. The van der Waals surface area contributed by atoms with Crippen LogP contribution >= 0.6 is 0 Å². The molecule has 2 atom stereocenters. The summed E-state index contributed by atoms with van der Waals surface area (Å²) in [6.45, 7) is 3.99. The van der Waals surface area contributed by atoms with Crippen LogP contribution in [0.4, 0.5) is 0 Å². The van der Waals surface area contributed by atoms with Crippen molar-refractivity contribution in [2.75, 3.05) is 20.2 Å². The van der Waals surface area contributed by atoms with Gasteiger partial charge in [0, 0.05) is 26.1 Å². The minimum atomic E-state index is 0.610. The molecule has 0 radical (unpaired) electrons. The second-order valence-corrected chi connectivity index (χ2v) is 5.75. The van der Waals surface area contributed by atoms with Gasteiger partial charge in [0.25, 0.3) is 0 Å². The first kappa shape index (κ1) is 13.3. The number of hydrogen-bond donors (Lipinski definition) is 2. The van der Waals surface area contributed by atoms with Gasteiger partial charge in [-0.25, -0.2) is 0 Å². The van der Waals surface area contributed by atoms with E-state index in [1.54, 1.807) is 0 Å². The number of ether oxygens (including phenoxy) is 1. The predicted molar refractivity (Wildman–Crippen MR) is 81.4 cm³/mol. The fourth-order valence-corrected chi connectivity index (χ4v) is 2.61. The SMILES string of the molecule is CN=C(NCCc1ccc2c(c1)CCO2)NC1CC1C. The van der Waals surface area contributed by atoms with Gasteiger partial charge in [-0.05, 0) is 36.0 Å². The van der Waals surface area contributed by atoms with E-state index in [1.165, 1.54) is 17.5 Å². The number of fused-ring (bicyclic) bond motifs is 1. The van der Waals surface area contributed by atoms with Crippen molar-refractivity contribution in [3.63, 3.8) is 0 Å². The lowest BCUT2D eigenvalue weighted by Crippen LogP contribution is -2.39. The summed E-state index contributed by atoms with van der Waals surface area (Å²) < 4.78 is 5.53. The Morgan fingerprint density at radius 1 is 1.45 bits per heavy atom. The van der Waals surface area contributed by atoms with Crippen LogP contribution in [0.1, 0.15) is 24.5 Å². The van der Waals surface area contributed by atoms with E-state index in [0.29, 0.717) is 6.04 Å². The minimum absolute atomic E-state index is 0.610. The normalized spacial score (nSPS) is 24.0. The Kier molecular flexibility index (Phi) is 3.81. The molecule has 2 unspecified atom stereocenters. The molecule has 1 aromatic carbocycles. The number of rotatable bonds is 4. The Balaban J connectivity index is 1.47. The monoisotopic (exact) mass is 273 g/mol. The summed E-state index contributed by atoms with van der Waals surface area (Å²) in [6.07, 6.45) is 3.30. The molecule has 20 heavy (non-hydrogen) atoms. The fourth-order valence-electron chi connectivity index (χ4n) is 2.61. The maximum absolute atomic E-state index is 5.53. The van der Waals surface area contributed by atoms with E-state index in [2.05, 4.69) is 40.7 Å². The average molecular weight is 273 g/mol. The lowest BCUT2D eigenvalue weighted by Gasteiger charge is -2.11. The van der Waals surface area contributed by atoms with Crippen molar-refractivity contribution >= 4 is 5.96 Å². The van der Waals surface area contributed by atoms with Gasteiger partial charge in [0.05, 0.1) is 6.61 Å². The van der Waals surface area contributed by atoms with Crippen LogP contribution in [0, 0.1) is 5.92 Å². The molecular formula is C16H23N3O. The van der Waals surface area contributed by atoms with Crippen molar-refractivity contribution in [2.45, 2.75) is 32.2 Å². The zero-order valence-electron chi connectivity index (χ0n) is 12.3. The van der Waals surface area contributed by atoms with Crippen LogP contribution < -0.4 is 15.4 Å². The summed E-state index contributed by atoms with van der Waals surface area (Å²) in [7, 11) is 1.83. The average Bonchev–Trinajstić information content (AvgIpc) is 2.96. The van der Waals surface area contributed by atoms with Crippen LogP contribution in [0.15, 0.2) is 23.2 Å². The molecule has 2 aliphatic rings. The molecule has 0 saturated heterocycles. The van der Waals surface area contributed by atoms with Gasteiger partial charge in [-0.2, -0.15) is 0 Å². The highest BCUT2D eigenvalue weighted by atomic mass is 16.5. The molecule has 1 fully saturated rings. The molecule has 1 heterocycles. The van der Waals surface area contributed by atoms with Crippen LogP contribution in [0.5, 0.6) is 5.75 Å². The van der Waals surface area contributed by atoms with Crippen LogP contribution in [0.2, 0.25) is 0 Å².